The lowest BCUT2D eigenvalue weighted by molar-refractivity contribution is -0.120. The van der Waals surface area contributed by atoms with Gasteiger partial charge in [-0.15, -0.1) is 24.8 Å². The SMILES string of the molecule is Cl.Cl.Cn1c(=O)c2cc(NC(=O)C3CCCNC3)cnc2n(C)c1=O. The number of hydrogen-bond acceptors (Lipinski definition) is 5. The molecule has 0 aromatic carbocycles. The van der Waals surface area contributed by atoms with Crippen molar-refractivity contribution in [3.63, 3.8) is 0 Å². The lowest BCUT2D eigenvalue weighted by atomic mass is 9.99. The fourth-order valence-electron chi connectivity index (χ4n) is 2.85. The average molecular weight is 390 g/mol. The highest BCUT2D eigenvalue weighted by Gasteiger charge is 2.21. The summed E-state index contributed by atoms with van der Waals surface area (Å²) in [4.78, 5) is 40.5. The van der Waals surface area contributed by atoms with E-state index in [1.54, 1.807) is 13.1 Å². The normalized spacial score (nSPS) is 16.6. The van der Waals surface area contributed by atoms with Crippen LogP contribution in [-0.4, -0.2) is 33.1 Å². The third kappa shape index (κ3) is 4.02. The van der Waals surface area contributed by atoms with Crippen molar-refractivity contribution in [3.05, 3.63) is 33.1 Å². The van der Waals surface area contributed by atoms with E-state index in [2.05, 4.69) is 15.6 Å². The molecule has 1 aliphatic rings. The number of amides is 1. The number of carbonyl (C=O) groups excluding carboxylic acids is 1. The maximum Gasteiger partial charge on any atom is 0.332 e. The zero-order valence-corrected chi connectivity index (χ0v) is 15.6. The highest BCUT2D eigenvalue weighted by molar-refractivity contribution is 5.94. The minimum absolute atomic E-state index is 0. The van der Waals surface area contributed by atoms with Crippen LogP contribution in [0.1, 0.15) is 12.8 Å². The summed E-state index contributed by atoms with van der Waals surface area (Å²) in [5.41, 5.74) is -0.0923. The molecule has 0 radical (unpaired) electrons. The minimum atomic E-state index is -0.430. The average Bonchev–Trinajstić information content (AvgIpc) is 2.58. The molecule has 1 saturated heterocycles. The van der Waals surface area contributed by atoms with Crippen molar-refractivity contribution in [2.75, 3.05) is 18.4 Å². The second kappa shape index (κ2) is 8.46. The largest absolute Gasteiger partial charge is 0.332 e. The summed E-state index contributed by atoms with van der Waals surface area (Å²) in [6.07, 6.45) is 3.28. The number of pyridine rings is 1. The Labute approximate surface area is 156 Å². The quantitative estimate of drug-likeness (QED) is 0.775. The van der Waals surface area contributed by atoms with Crippen molar-refractivity contribution in [3.8, 4) is 0 Å². The first kappa shape index (κ1) is 21.1. The summed E-state index contributed by atoms with van der Waals surface area (Å²) in [6.45, 7) is 1.59. The molecule has 2 aromatic heterocycles. The van der Waals surface area contributed by atoms with Crippen LogP contribution >= 0.6 is 24.8 Å². The molecule has 0 spiro atoms. The van der Waals surface area contributed by atoms with Gasteiger partial charge in [0.2, 0.25) is 5.91 Å². The van der Waals surface area contributed by atoms with Gasteiger partial charge in [-0.1, -0.05) is 0 Å². The molecule has 3 heterocycles. The van der Waals surface area contributed by atoms with Crippen LogP contribution in [0, 0.1) is 5.92 Å². The summed E-state index contributed by atoms with van der Waals surface area (Å²) in [7, 11) is 2.98. The van der Waals surface area contributed by atoms with Crippen molar-refractivity contribution in [1.29, 1.82) is 0 Å². The predicted octanol–water partition coefficient (Wildman–Crippen LogP) is 0.414. The van der Waals surface area contributed by atoms with Gasteiger partial charge in [-0.05, 0) is 25.5 Å². The summed E-state index contributed by atoms with van der Waals surface area (Å²) >= 11 is 0. The van der Waals surface area contributed by atoms with Gasteiger partial charge in [0.25, 0.3) is 5.56 Å². The van der Waals surface area contributed by atoms with Crippen molar-refractivity contribution >= 4 is 47.4 Å². The molecule has 1 fully saturated rings. The Bertz CT molecular complexity index is 887. The van der Waals surface area contributed by atoms with Gasteiger partial charge >= 0.3 is 5.69 Å². The molecule has 1 unspecified atom stereocenters. The first-order valence-corrected chi connectivity index (χ1v) is 7.56. The minimum Gasteiger partial charge on any atom is -0.324 e. The van der Waals surface area contributed by atoms with E-state index in [0.717, 1.165) is 24.0 Å². The Balaban J connectivity index is 0.00000156. The predicted molar refractivity (Wildman–Crippen MR) is 101 cm³/mol. The molecule has 8 nitrogen and oxygen atoms in total. The molecule has 10 heteroatoms. The van der Waals surface area contributed by atoms with Crippen molar-refractivity contribution < 1.29 is 4.79 Å². The highest BCUT2D eigenvalue weighted by atomic mass is 35.5. The summed E-state index contributed by atoms with van der Waals surface area (Å²) < 4.78 is 2.34. The van der Waals surface area contributed by atoms with E-state index >= 15 is 0 Å². The smallest absolute Gasteiger partial charge is 0.324 e. The van der Waals surface area contributed by atoms with Gasteiger partial charge in [-0.25, -0.2) is 9.78 Å². The number of piperidine rings is 1. The highest BCUT2D eigenvalue weighted by Crippen LogP contribution is 2.16. The van der Waals surface area contributed by atoms with Crippen LogP contribution in [0.25, 0.3) is 11.0 Å². The van der Waals surface area contributed by atoms with Gasteiger partial charge in [-0.3, -0.25) is 18.7 Å². The van der Waals surface area contributed by atoms with Gasteiger partial charge in [0.15, 0.2) is 0 Å². The number of aromatic nitrogens is 3. The van der Waals surface area contributed by atoms with Crippen LogP contribution in [-0.2, 0) is 18.9 Å². The zero-order chi connectivity index (χ0) is 16.6. The summed E-state index contributed by atoms with van der Waals surface area (Å²) in [5, 5.41) is 6.30. The molecule has 1 amide bonds. The van der Waals surface area contributed by atoms with Gasteiger partial charge < -0.3 is 10.6 Å². The second-order valence-electron chi connectivity index (χ2n) is 5.83. The van der Waals surface area contributed by atoms with E-state index in [-0.39, 0.29) is 36.6 Å². The number of nitrogens with zero attached hydrogens (tertiary/aromatic N) is 3. The number of anilines is 1. The fraction of sp³-hybridized carbons (Fsp3) is 0.467. The van der Waals surface area contributed by atoms with Crippen LogP contribution in [0.3, 0.4) is 0 Å². The van der Waals surface area contributed by atoms with Crippen LogP contribution in [0.5, 0.6) is 0 Å². The number of aryl methyl sites for hydroxylation is 1. The molecule has 1 aliphatic heterocycles. The molecule has 0 bridgehead atoms. The summed E-state index contributed by atoms with van der Waals surface area (Å²) in [6, 6.07) is 1.57. The zero-order valence-electron chi connectivity index (χ0n) is 13.9. The molecule has 0 aliphatic carbocycles. The molecule has 1 atom stereocenters. The first-order chi connectivity index (χ1) is 11.0. The van der Waals surface area contributed by atoms with E-state index in [1.165, 1.54) is 17.8 Å². The number of carbonyl (C=O) groups is 1. The lowest BCUT2D eigenvalue weighted by Crippen LogP contribution is -2.38. The maximum atomic E-state index is 12.3. The second-order valence-corrected chi connectivity index (χ2v) is 5.83. The number of halogens is 2. The van der Waals surface area contributed by atoms with E-state index < -0.39 is 11.2 Å². The van der Waals surface area contributed by atoms with Crippen molar-refractivity contribution in [2.45, 2.75) is 12.8 Å². The van der Waals surface area contributed by atoms with Gasteiger partial charge in [0.05, 0.1) is 23.2 Å². The number of fused-ring (bicyclic) bond motifs is 1. The standard InChI is InChI=1S/C15H19N5O3.2ClH/c1-19-12-11(14(22)20(2)15(19)23)6-10(8-17-12)18-13(21)9-4-3-5-16-7-9;;/h6,8-9,16H,3-5,7H2,1-2H3,(H,18,21);2*1H. The molecule has 2 aromatic rings. The lowest BCUT2D eigenvalue weighted by Gasteiger charge is -2.21. The third-order valence-corrected chi connectivity index (χ3v) is 4.23. The van der Waals surface area contributed by atoms with E-state index in [9.17, 15) is 14.4 Å². The van der Waals surface area contributed by atoms with Crippen LogP contribution in [0.2, 0.25) is 0 Å². The molecule has 3 rings (SSSR count). The van der Waals surface area contributed by atoms with Crippen LogP contribution in [0.15, 0.2) is 21.9 Å². The van der Waals surface area contributed by atoms with Crippen molar-refractivity contribution in [2.24, 2.45) is 20.0 Å². The van der Waals surface area contributed by atoms with Crippen LogP contribution < -0.4 is 21.9 Å². The number of hydrogen-bond donors (Lipinski definition) is 2. The fourth-order valence-corrected chi connectivity index (χ4v) is 2.85. The Morgan fingerprint density at radius 3 is 2.64 bits per heavy atom. The first-order valence-electron chi connectivity index (χ1n) is 7.56. The topological polar surface area (TPSA) is 98.0 Å². The Morgan fingerprint density at radius 2 is 2.00 bits per heavy atom. The van der Waals surface area contributed by atoms with Crippen LogP contribution in [0.4, 0.5) is 5.69 Å². The summed E-state index contributed by atoms with van der Waals surface area (Å²) in [5.74, 6) is -0.164. The molecular weight excluding hydrogens is 369 g/mol. The number of nitrogens with one attached hydrogen (secondary N) is 2. The molecule has 0 saturated carbocycles. The van der Waals surface area contributed by atoms with E-state index in [1.807, 2.05) is 0 Å². The Kier molecular flexibility index (Phi) is 7.16. The molecule has 25 heavy (non-hydrogen) atoms. The maximum absolute atomic E-state index is 12.3. The van der Waals surface area contributed by atoms with Gasteiger partial charge in [-0.2, -0.15) is 0 Å². The van der Waals surface area contributed by atoms with E-state index in [4.69, 9.17) is 0 Å². The molecule has 2 N–H and O–H groups in total. The van der Waals surface area contributed by atoms with Gasteiger partial charge in [0.1, 0.15) is 5.65 Å². The molecular formula is C15H21Cl2N5O3. The van der Waals surface area contributed by atoms with Crippen molar-refractivity contribution in [1.82, 2.24) is 19.4 Å². The third-order valence-electron chi connectivity index (χ3n) is 4.23. The van der Waals surface area contributed by atoms with Gasteiger partial charge in [0, 0.05) is 20.6 Å². The Hall–Kier alpha value is -1.90. The Morgan fingerprint density at radius 1 is 1.28 bits per heavy atom. The van der Waals surface area contributed by atoms with E-state index in [0.29, 0.717) is 23.3 Å². The monoisotopic (exact) mass is 389 g/mol. The number of rotatable bonds is 2. The molecule has 138 valence electrons.